The van der Waals surface area contributed by atoms with E-state index < -0.39 is 33.8 Å². The predicted molar refractivity (Wildman–Crippen MR) is 107 cm³/mol. The van der Waals surface area contributed by atoms with Gasteiger partial charge in [0.15, 0.2) is 6.10 Å². The molecule has 0 saturated carbocycles. The van der Waals surface area contributed by atoms with Crippen LogP contribution in [0, 0.1) is 5.82 Å². The fourth-order valence-corrected chi connectivity index (χ4v) is 3.68. The number of amides is 1. The molecule has 2 aromatic rings. The number of benzene rings is 2. The standard InChI is InChI=1S/C18H17Cl2FN2O5S/c1-10(17(24)22-15-7-5-12(19)9-14(15)21)28-18(25)11-4-6-13(20)16(8-11)29(26,27)23(2)3/h4-10H,1-3H3,(H,22,24). The van der Waals surface area contributed by atoms with E-state index in [4.69, 9.17) is 27.9 Å². The lowest BCUT2D eigenvalue weighted by molar-refractivity contribution is -0.123. The van der Waals surface area contributed by atoms with Gasteiger partial charge < -0.3 is 10.1 Å². The molecule has 0 aliphatic carbocycles. The van der Waals surface area contributed by atoms with Gasteiger partial charge in [0, 0.05) is 19.1 Å². The minimum atomic E-state index is -3.90. The molecule has 0 saturated heterocycles. The van der Waals surface area contributed by atoms with Crippen molar-refractivity contribution in [1.82, 2.24) is 4.31 Å². The molecule has 29 heavy (non-hydrogen) atoms. The predicted octanol–water partition coefficient (Wildman–Crippen LogP) is 3.57. The van der Waals surface area contributed by atoms with Gasteiger partial charge in [-0.25, -0.2) is 21.9 Å². The summed E-state index contributed by atoms with van der Waals surface area (Å²) in [6.45, 7) is 1.29. The van der Waals surface area contributed by atoms with Crippen molar-refractivity contribution in [3.63, 3.8) is 0 Å². The van der Waals surface area contributed by atoms with Gasteiger partial charge in [0.1, 0.15) is 10.7 Å². The van der Waals surface area contributed by atoms with Gasteiger partial charge >= 0.3 is 5.97 Å². The first-order valence-electron chi connectivity index (χ1n) is 8.12. The molecule has 0 aliphatic heterocycles. The van der Waals surface area contributed by atoms with Crippen LogP contribution in [-0.4, -0.2) is 44.8 Å². The van der Waals surface area contributed by atoms with E-state index in [9.17, 15) is 22.4 Å². The average molecular weight is 463 g/mol. The molecule has 1 N–H and O–H groups in total. The van der Waals surface area contributed by atoms with Crippen molar-refractivity contribution in [2.45, 2.75) is 17.9 Å². The van der Waals surface area contributed by atoms with Gasteiger partial charge in [-0.2, -0.15) is 0 Å². The molecule has 0 bridgehead atoms. The van der Waals surface area contributed by atoms with Gasteiger partial charge in [-0.15, -0.1) is 0 Å². The first-order valence-corrected chi connectivity index (χ1v) is 10.3. The van der Waals surface area contributed by atoms with Crippen molar-refractivity contribution in [2.24, 2.45) is 0 Å². The number of ether oxygens (including phenoxy) is 1. The summed E-state index contributed by atoms with van der Waals surface area (Å²) in [6, 6.07) is 7.24. The molecule has 2 rings (SSSR count). The number of nitrogens with zero attached hydrogens (tertiary/aromatic N) is 1. The average Bonchev–Trinajstić information content (AvgIpc) is 2.63. The molecule has 0 aromatic heterocycles. The topological polar surface area (TPSA) is 92.8 Å². The van der Waals surface area contributed by atoms with Crippen LogP contribution in [0.1, 0.15) is 17.3 Å². The number of esters is 1. The zero-order chi connectivity index (χ0) is 21.9. The van der Waals surface area contributed by atoms with Crippen molar-refractivity contribution in [3.8, 4) is 0 Å². The lowest BCUT2D eigenvalue weighted by Crippen LogP contribution is -2.30. The molecule has 0 spiro atoms. The molecule has 7 nitrogen and oxygen atoms in total. The van der Waals surface area contributed by atoms with Crippen LogP contribution in [0.25, 0.3) is 0 Å². The zero-order valence-electron chi connectivity index (χ0n) is 15.6. The maximum absolute atomic E-state index is 13.8. The van der Waals surface area contributed by atoms with Crippen molar-refractivity contribution in [1.29, 1.82) is 0 Å². The summed E-state index contributed by atoms with van der Waals surface area (Å²) in [6.07, 6.45) is -1.29. The number of carbonyl (C=O) groups is 2. The molecule has 0 fully saturated rings. The molecule has 1 amide bonds. The number of nitrogens with one attached hydrogen (secondary N) is 1. The number of carbonyl (C=O) groups excluding carboxylic acids is 2. The van der Waals surface area contributed by atoms with Gasteiger partial charge in [0.05, 0.1) is 16.3 Å². The summed E-state index contributed by atoms with van der Waals surface area (Å²) in [5, 5.41) is 2.37. The number of anilines is 1. The Balaban J connectivity index is 2.16. The van der Waals surface area contributed by atoms with Crippen LogP contribution in [0.4, 0.5) is 10.1 Å². The SMILES string of the molecule is CC(OC(=O)c1ccc(Cl)c(S(=O)(=O)N(C)C)c1)C(=O)Nc1ccc(Cl)cc1F. The zero-order valence-corrected chi connectivity index (χ0v) is 17.9. The van der Waals surface area contributed by atoms with E-state index >= 15 is 0 Å². The van der Waals surface area contributed by atoms with E-state index in [0.29, 0.717) is 0 Å². The van der Waals surface area contributed by atoms with Crippen LogP contribution in [0.5, 0.6) is 0 Å². The second kappa shape index (κ2) is 9.08. The summed E-state index contributed by atoms with van der Waals surface area (Å²) >= 11 is 11.6. The Bertz CT molecular complexity index is 1060. The highest BCUT2D eigenvalue weighted by atomic mass is 35.5. The summed E-state index contributed by atoms with van der Waals surface area (Å²) in [5.41, 5.74) is -0.250. The van der Waals surface area contributed by atoms with Crippen LogP contribution < -0.4 is 5.32 Å². The van der Waals surface area contributed by atoms with Crippen LogP contribution in [0.15, 0.2) is 41.3 Å². The molecule has 1 unspecified atom stereocenters. The monoisotopic (exact) mass is 462 g/mol. The molecular weight excluding hydrogens is 446 g/mol. The molecule has 0 radical (unpaired) electrons. The second-order valence-electron chi connectivity index (χ2n) is 6.09. The number of halogens is 3. The Morgan fingerprint density at radius 2 is 1.79 bits per heavy atom. The number of hydrogen-bond donors (Lipinski definition) is 1. The minimum absolute atomic E-state index is 0.0701. The first-order chi connectivity index (χ1) is 13.4. The van der Waals surface area contributed by atoms with Crippen LogP contribution in [-0.2, 0) is 19.6 Å². The van der Waals surface area contributed by atoms with E-state index in [-0.39, 0.29) is 26.2 Å². The third-order valence-corrected chi connectivity index (χ3v) is 6.30. The molecule has 0 aliphatic rings. The molecule has 1 atom stereocenters. The lowest BCUT2D eigenvalue weighted by atomic mass is 10.2. The highest BCUT2D eigenvalue weighted by Gasteiger charge is 2.25. The summed E-state index contributed by atoms with van der Waals surface area (Å²) < 4.78 is 44.4. The van der Waals surface area contributed by atoms with E-state index in [0.717, 1.165) is 16.4 Å². The third-order valence-electron chi connectivity index (χ3n) is 3.77. The van der Waals surface area contributed by atoms with E-state index in [1.54, 1.807) is 0 Å². The maximum Gasteiger partial charge on any atom is 0.338 e. The van der Waals surface area contributed by atoms with E-state index in [1.807, 2.05) is 0 Å². The van der Waals surface area contributed by atoms with Crippen LogP contribution >= 0.6 is 23.2 Å². The molecule has 2 aromatic carbocycles. The summed E-state index contributed by atoms with van der Waals surface area (Å²) in [5.74, 6) is -2.48. The van der Waals surface area contributed by atoms with E-state index in [1.165, 1.54) is 45.3 Å². The summed E-state index contributed by atoms with van der Waals surface area (Å²) in [7, 11) is -1.26. The van der Waals surface area contributed by atoms with Crippen LogP contribution in [0.3, 0.4) is 0 Å². The van der Waals surface area contributed by atoms with Gasteiger partial charge in [-0.1, -0.05) is 23.2 Å². The van der Waals surface area contributed by atoms with Crippen molar-refractivity contribution < 1.29 is 27.1 Å². The van der Waals surface area contributed by atoms with Crippen molar-refractivity contribution in [2.75, 3.05) is 19.4 Å². The first kappa shape index (κ1) is 23.1. The van der Waals surface area contributed by atoms with Crippen molar-refractivity contribution >= 4 is 50.8 Å². The van der Waals surface area contributed by atoms with Gasteiger partial charge in [-0.05, 0) is 43.3 Å². The summed E-state index contributed by atoms with van der Waals surface area (Å²) in [4.78, 5) is 24.2. The highest BCUT2D eigenvalue weighted by Crippen LogP contribution is 2.25. The molecule has 11 heteroatoms. The fourth-order valence-electron chi connectivity index (χ4n) is 2.13. The molecule has 156 valence electrons. The largest absolute Gasteiger partial charge is 0.449 e. The number of sulfonamides is 1. The number of hydrogen-bond acceptors (Lipinski definition) is 5. The van der Waals surface area contributed by atoms with E-state index in [2.05, 4.69) is 5.32 Å². The van der Waals surface area contributed by atoms with Gasteiger partial charge in [-0.3, -0.25) is 4.79 Å². The van der Waals surface area contributed by atoms with Gasteiger partial charge in [0.25, 0.3) is 5.91 Å². The third kappa shape index (κ3) is 5.45. The Hall–Kier alpha value is -2.20. The molecule has 0 heterocycles. The quantitative estimate of drug-likeness (QED) is 0.662. The van der Waals surface area contributed by atoms with Gasteiger partial charge in [0.2, 0.25) is 10.0 Å². The fraction of sp³-hybridized carbons (Fsp3) is 0.222. The lowest BCUT2D eigenvalue weighted by Gasteiger charge is -2.16. The Kier molecular flexibility index (Phi) is 7.23. The maximum atomic E-state index is 13.8. The highest BCUT2D eigenvalue weighted by molar-refractivity contribution is 7.89. The normalized spacial score (nSPS) is 12.5. The molecular formula is C18H17Cl2FN2O5S. The van der Waals surface area contributed by atoms with Crippen LogP contribution in [0.2, 0.25) is 10.0 Å². The number of rotatable bonds is 6. The Labute approximate surface area is 177 Å². The smallest absolute Gasteiger partial charge is 0.338 e. The minimum Gasteiger partial charge on any atom is -0.449 e. The van der Waals surface area contributed by atoms with Crippen molar-refractivity contribution in [3.05, 3.63) is 57.8 Å². The second-order valence-corrected chi connectivity index (χ2v) is 9.06. The Morgan fingerprint density at radius 1 is 1.14 bits per heavy atom. The Morgan fingerprint density at radius 3 is 2.38 bits per heavy atom.